The number of halogens is 1. The summed E-state index contributed by atoms with van der Waals surface area (Å²) in [6.07, 6.45) is 6.75. The van der Waals surface area contributed by atoms with Crippen molar-refractivity contribution in [3.8, 4) is 0 Å². The van der Waals surface area contributed by atoms with Gasteiger partial charge in [-0.15, -0.1) is 11.3 Å². The van der Waals surface area contributed by atoms with Crippen molar-refractivity contribution in [2.24, 2.45) is 0 Å². The van der Waals surface area contributed by atoms with E-state index in [9.17, 15) is 0 Å². The summed E-state index contributed by atoms with van der Waals surface area (Å²) in [6.45, 7) is 0. The van der Waals surface area contributed by atoms with Crippen LogP contribution in [0.4, 0.5) is 5.69 Å². The lowest BCUT2D eigenvalue weighted by atomic mass is 9.88. The molecule has 0 aromatic carbocycles. The number of thiophene rings is 1. The fourth-order valence-electron chi connectivity index (χ4n) is 1.99. The Morgan fingerprint density at radius 1 is 1.31 bits per heavy atom. The highest BCUT2D eigenvalue weighted by molar-refractivity contribution is 7.17. The van der Waals surface area contributed by atoms with E-state index in [-0.39, 0.29) is 0 Å². The SMILES string of the molecule is Nc1cc(C2CCCCC2)sc1Cl. The van der Waals surface area contributed by atoms with Crippen molar-refractivity contribution in [1.82, 2.24) is 0 Å². The molecule has 1 aromatic rings. The third-order valence-corrected chi connectivity index (χ3v) is 4.29. The van der Waals surface area contributed by atoms with E-state index in [4.69, 9.17) is 17.3 Å². The molecule has 2 rings (SSSR count). The van der Waals surface area contributed by atoms with Gasteiger partial charge in [0.25, 0.3) is 0 Å². The molecule has 1 heterocycles. The topological polar surface area (TPSA) is 26.0 Å². The van der Waals surface area contributed by atoms with Crippen molar-refractivity contribution < 1.29 is 0 Å². The molecule has 0 saturated heterocycles. The molecule has 1 saturated carbocycles. The zero-order chi connectivity index (χ0) is 9.26. The summed E-state index contributed by atoms with van der Waals surface area (Å²) in [6, 6.07) is 2.06. The molecular weight excluding hydrogens is 202 g/mol. The van der Waals surface area contributed by atoms with Crippen molar-refractivity contribution in [3.63, 3.8) is 0 Å². The molecule has 1 aliphatic rings. The van der Waals surface area contributed by atoms with Crippen molar-refractivity contribution >= 4 is 28.6 Å². The van der Waals surface area contributed by atoms with Gasteiger partial charge in [0.2, 0.25) is 0 Å². The van der Waals surface area contributed by atoms with Gasteiger partial charge in [0, 0.05) is 4.88 Å². The lowest BCUT2D eigenvalue weighted by Gasteiger charge is -2.19. The van der Waals surface area contributed by atoms with Crippen molar-refractivity contribution in [2.45, 2.75) is 38.0 Å². The Morgan fingerprint density at radius 3 is 2.54 bits per heavy atom. The van der Waals surface area contributed by atoms with Gasteiger partial charge in [-0.2, -0.15) is 0 Å². The maximum absolute atomic E-state index is 5.94. The quantitative estimate of drug-likeness (QED) is 0.752. The molecule has 1 aromatic heterocycles. The molecule has 0 atom stereocenters. The van der Waals surface area contributed by atoms with Crippen LogP contribution in [0.15, 0.2) is 6.07 Å². The third-order valence-electron chi connectivity index (χ3n) is 2.74. The van der Waals surface area contributed by atoms with Gasteiger partial charge in [0.15, 0.2) is 0 Å². The summed E-state index contributed by atoms with van der Waals surface area (Å²) in [5, 5.41) is 0. The molecule has 0 aliphatic heterocycles. The second kappa shape index (κ2) is 3.89. The lowest BCUT2D eigenvalue weighted by molar-refractivity contribution is 0.448. The summed E-state index contributed by atoms with van der Waals surface area (Å²) in [4.78, 5) is 1.39. The molecule has 0 bridgehead atoms. The maximum Gasteiger partial charge on any atom is 0.116 e. The van der Waals surface area contributed by atoms with Crippen molar-refractivity contribution in [3.05, 3.63) is 15.3 Å². The van der Waals surface area contributed by atoms with Gasteiger partial charge >= 0.3 is 0 Å². The number of nitrogens with two attached hydrogens (primary N) is 1. The number of nitrogen functional groups attached to an aromatic ring is 1. The van der Waals surface area contributed by atoms with Crippen LogP contribution in [0.1, 0.15) is 42.9 Å². The summed E-state index contributed by atoms with van der Waals surface area (Å²) in [5.41, 5.74) is 6.48. The van der Waals surface area contributed by atoms with Gasteiger partial charge < -0.3 is 5.73 Å². The van der Waals surface area contributed by atoms with Gasteiger partial charge in [-0.1, -0.05) is 30.9 Å². The van der Waals surface area contributed by atoms with Crippen molar-refractivity contribution in [1.29, 1.82) is 0 Å². The normalized spacial score (nSPS) is 19.2. The fraction of sp³-hybridized carbons (Fsp3) is 0.600. The first kappa shape index (κ1) is 9.35. The van der Waals surface area contributed by atoms with E-state index in [1.54, 1.807) is 11.3 Å². The molecule has 0 unspecified atom stereocenters. The third kappa shape index (κ3) is 2.00. The van der Waals surface area contributed by atoms with Crippen LogP contribution in [0.5, 0.6) is 0 Å². The first-order valence-corrected chi connectivity index (χ1v) is 6.01. The number of hydrogen-bond donors (Lipinski definition) is 1. The van der Waals surface area contributed by atoms with Gasteiger partial charge in [-0.3, -0.25) is 0 Å². The van der Waals surface area contributed by atoms with Crippen LogP contribution in [0.3, 0.4) is 0 Å². The number of hydrogen-bond acceptors (Lipinski definition) is 2. The molecular formula is C10H14ClNS. The predicted octanol–water partition coefficient (Wildman–Crippen LogP) is 4.03. The van der Waals surface area contributed by atoms with Gasteiger partial charge in [0.05, 0.1) is 5.69 Å². The first-order chi connectivity index (χ1) is 6.27. The maximum atomic E-state index is 5.94. The van der Waals surface area contributed by atoms with E-state index in [0.717, 1.165) is 15.9 Å². The van der Waals surface area contributed by atoms with Crippen LogP contribution < -0.4 is 5.73 Å². The van der Waals surface area contributed by atoms with Gasteiger partial charge in [0.1, 0.15) is 4.34 Å². The molecule has 3 heteroatoms. The average Bonchev–Trinajstić information content (AvgIpc) is 2.49. The number of rotatable bonds is 1. The Bertz CT molecular complexity index is 270. The summed E-state index contributed by atoms with van der Waals surface area (Å²) in [5.74, 6) is 0.730. The lowest BCUT2D eigenvalue weighted by Crippen LogP contribution is -2.02. The van der Waals surface area contributed by atoms with E-state index in [0.29, 0.717) is 0 Å². The Balaban J connectivity index is 2.14. The van der Waals surface area contributed by atoms with E-state index in [1.807, 2.05) is 0 Å². The first-order valence-electron chi connectivity index (χ1n) is 4.82. The van der Waals surface area contributed by atoms with E-state index in [2.05, 4.69) is 6.07 Å². The molecule has 1 aliphatic carbocycles. The van der Waals surface area contributed by atoms with Crippen LogP contribution in [-0.2, 0) is 0 Å². The largest absolute Gasteiger partial charge is 0.397 e. The highest BCUT2D eigenvalue weighted by atomic mass is 35.5. The van der Waals surface area contributed by atoms with Crippen LogP contribution in [-0.4, -0.2) is 0 Å². The number of anilines is 1. The Labute approximate surface area is 87.9 Å². The Kier molecular flexibility index (Phi) is 2.80. The molecule has 0 amide bonds. The monoisotopic (exact) mass is 215 g/mol. The summed E-state index contributed by atoms with van der Waals surface area (Å²) >= 11 is 7.60. The smallest absolute Gasteiger partial charge is 0.116 e. The average molecular weight is 216 g/mol. The zero-order valence-electron chi connectivity index (χ0n) is 7.55. The molecule has 0 spiro atoms. The van der Waals surface area contributed by atoms with Crippen LogP contribution in [0, 0.1) is 0 Å². The standard InChI is InChI=1S/C10H14ClNS/c11-10-8(12)6-9(13-10)7-4-2-1-3-5-7/h6-7H,1-5,12H2. The Hall–Kier alpha value is -0.210. The van der Waals surface area contributed by atoms with Crippen LogP contribution >= 0.6 is 22.9 Å². The second-order valence-corrected chi connectivity index (χ2v) is 5.40. The molecule has 2 N–H and O–H groups in total. The van der Waals surface area contributed by atoms with Crippen LogP contribution in [0.25, 0.3) is 0 Å². The zero-order valence-corrected chi connectivity index (χ0v) is 9.13. The van der Waals surface area contributed by atoms with Gasteiger partial charge in [-0.25, -0.2) is 0 Å². The second-order valence-electron chi connectivity index (χ2n) is 3.71. The van der Waals surface area contributed by atoms with E-state index in [1.165, 1.54) is 37.0 Å². The molecule has 0 radical (unpaired) electrons. The molecule has 1 nitrogen and oxygen atoms in total. The molecule has 72 valence electrons. The van der Waals surface area contributed by atoms with Gasteiger partial charge in [-0.05, 0) is 24.8 Å². The van der Waals surface area contributed by atoms with Crippen molar-refractivity contribution in [2.75, 3.05) is 5.73 Å². The van der Waals surface area contributed by atoms with E-state index >= 15 is 0 Å². The molecule has 1 fully saturated rings. The Morgan fingerprint density at radius 2 is 2.00 bits per heavy atom. The minimum Gasteiger partial charge on any atom is -0.397 e. The highest BCUT2D eigenvalue weighted by Crippen LogP contribution is 2.40. The molecule has 13 heavy (non-hydrogen) atoms. The summed E-state index contributed by atoms with van der Waals surface area (Å²) < 4.78 is 0.764. The van der Waals surface area contributed by atoms with E-state index < -0.39 is 0 Å². The highest BCUT2D eigenvalue weighted by Gasteiger charge is 2.18. The minimum atomic E-state index is 0.730. The predicted molar refractivity (Wildman–Crippen MR) is 59.6 cm³/mol. The minimum absolute atomic E-state index is 0.730. The fourth-order valence-corrected chi connectivity index (χ4v) is 3.28. The van der Waals surface area contributed by atoms with Crippen LogP contribution in [0.2, 0.25) is 4.34 Å². The summed E-state index contributed by atoms with van der Waals surface area (Å²) in [7, 11) is 0.